The van der Waals surface area contributed by atoms with E-state index in [0.29, 0.717) is 6.04 Å². The summed E-state index contributed by atoms with van der Waals surface area (Å²) >= 11 is 0. The van der Waals surface area contributed by atoms with E-state index in [-0.39, 0.29) is 5.41 Å². The van der Waals surface area contributed by atoms with E-state index in [1.54, 1.807) is 0 Å². The van der Waals surface area contributed by atoms with Gasteiger partial charge in [0, 0.05) is 18.0 Å². The molecular weight excluding hydrogens is 242 g/mol. The van der Waals surface area contributed by atoms with Crippen molar-refractivity contribution in [1.29, 1.82) is 0 Å². The van der Waals surface area contributed by atoms with Gasteiger partial charge in [-0.1, -0.05) is 48.2 Å². The third kappa shape index (κ3) is 7.16. The molecule has 0 amide bonds. The highest BCUT2D eigenvalue weighted by atomic mass is 15.1. The van der Waals surface area contributed by atoms with Gasteiger partial charge in [0.25, 0.3) is 0 Å². The fourth-order valence-corrected chi connectivity index (χ4v) is 1.83. The maximum Gasteiger partial charge on any atom is 0.0233 e. The molecule has 0 saturated carbocycles. The van der Waals surface area contributed by atoms with Gasteiger partial charge in [0.05, 0.1) is 0 Å². The van der Waals surface area contributed by atoms with Gasteiger partial charge >= 0.3 is 0 Å². The van der Waals surface area contributed by atoms with Crippen LogP contribution < -0.4 is 0 Å². The fourth-order valence-electron chi connectivity index (χ4n) is 1.83. The van der Waals surface area contributed by atoms with E-state index in [9.17, 15) is 0 Å². The monoisotopic (exact) mass is 269 g/mol. The highest BCUT2D eigenvalue weighted by molar-refractivity contribution is 5.19. The van der Waals surface area contributed by atoms with Crippen LogP contribution in [0.3, 0.4) is 0 Å². The minimum absolute atomic E-state index is 0.0802. The molecule has 0 heterocycles. The van der Waals surface area contributed by atoms with Crippen LogP contribution in [0.4, 0.5) is 0 Å². The lowest BCUT2D eigenvalue weighted by Crippen LogP contribution is -2.30. The van der Waals surface area contributed by atoms with Gasteiger partial charge < -0.3 is 0 Å². The predicted octanol–water partition coefficient (Wildman–Crippen LogP) is 4.16. The number of likely N-dealkylation sites (N-methyl/N-ethyl adjacent to an activating group) is 1. The number of hydrogen-bond donors (Lipinski definition) is 0. The van der Waals surface area contributed by atoms with Crippen molar-refractivity contribution in [1.82, 2.24) is 4.90 Å². The second kappa shape index (κ2) is 7.92. The molecule has 1 aromatic carbocycles. The van der Waals surface area contributed by atoms with Crippen LogP contribution in [0.1, 0.15) is 33.3 Å². The third-order valence-corrected chi connectivity index (χ3v) is 3.17. The maximum absolute atomic E-state index is 3.21. The molecule has 0 saturated heterocycles. The molecule has 0 aliphatic heterocycles. The van der Waals surface area contributed by atoms with Gasteiger partial charge in [0.15, 0.2) is 0 Å². The van der Waals surface area contributed by atoms with Crippen LogP contribution in [0.15, 0.2) is 42.5 Å². The largest absolute Gasteiger partial charge is 0.300 e. The Balaban J connectivity index is 2.40. The van der Waals surface area contributed by atoms with Crippen LogP contribution >= 0.6 is 0 Å². The lowest BCUT2D eigenvalue weighted by molar-refractivity contribution is 0.283. The summed E-state index contributed by atoms with van der Waals surface area (Å²) in [5.74, 6) is 6.32. The minimum atomic E-state index is 0.0802. The highest BCUT2D eigenvalue weighted by Crippen LogP contribution is 2.09. The van der Waals surface area contributed by atoms with Crippen molar-refractivity contribution in [3.63, 3.8) is 0 Å². The maximum atomic E-state index is 3.21. The van der Waals surface area contributed by atoms with E-state index in [1.807, 2.05) is 6.08 Å². The van der Waals surface area contributed by atoms with Gasteiger partial charge in [-0.3, -0.25) is 4.90 Å². The summed E-state index contributed by atoms with van der Waals surface area (Å²) < 4.78 is 0. The topological polar surface area (TPSA) is 3.24 Å². The summed E-state index contributed by atoms with van der Waals surface area (Å²) in [4.78, 5) is 2.35. The average molecular weight is 269 g/mol. The first kappa shape index (κ1) is 16.5. The van der Waals surface area contributed by atoms with Gasteiger partial charge in [-0.05, 0) is 52.8 Å². The second-order valence-corrected chi connectivity index (χ2v) is 6.40. The molecule has 0 bridgehead atoms. The number of nitrogens with zero attached hydrogens (tertiary/aromatic N) is 1. The molecule has 0 radical (unpaired) electrons. The van der Waals surface area contributed by atoms with Gasteiger partial charge in [0.1, 0.15) is 0 Å². The van der Waals surface area contributed by atoms with Crippen LogP contribution in [0.25, 0.3) is 0 Å². The van der Waals surface area contributed by atoms with Crippen molar-refractivity contribution >= 4 is 0 Å². The lowest BCUT2D eigenvalue weighted by Gasteiger charge is -2.23. The molecule has 0 aliphatic rings. The molecule has 0 fully saturated rings. The van der Waals surface area contributed by atoms with E-state index in [1.165, 1.54) is 5.56 Å². The van der Waals surface area contributed by atoms with Crippen LogP contribution in [-0.2, 0) is 6.42 Å². The molecule has 1 heteroatoms. The minimum Gasteiger partial charge on any atom is -0.300 e. The molecule has 1 rings (SSSR count). The Hall–Kier alpha value is -1.52. The standard InChI is InChI=1S/C19H27N/c1-17(16-18-12-8-6-9-13-18)20(5)15-11-7-10-14-19(2,3)4/h6-9,11-13,17H,15-16H2,1-5H3/b11-7+/t17-/m1/s1. The zero-order valence-corrected chi connectivity index (χ0v) is 13.5. The van der Waals surface area contributed by atoms with E-state index in [0.717, 1.165) is 13.0 Å². The molecule has 1 nitrogen and oxygen atoms in total. The third-order valence-electron chi connectivity index (χ3n) is 3.17. The Bertz CT molecular complexity index is 468. The van der Waals surface area contributed by atoms with E-state index >= 15 is 0 Å². The van der Waals surface area contributed by atoms with Gasteiger partial charge in [-0.2, -0.15) is 0 Å². The summed E-state index contributed by atoms with van der Waals surface area (Å²) in [5.41, 5.74) is 1.47. The molecule has 0 aromatic heterocycles. The molecule has 1 aromatic rings. The number of rotatable bonds is 5. The highest BCUT2D eigenvalue weighted by Gasteiger charge is 2.08. The Kier molecular flexibility index (Phi) is 6.55. The Labute approximate surface area is 124 Å². The fraction of sp³-hybridized carbons (Fsp3) is 0.474. The quantitative estimate of drug-likeness (QED) is 0.726. The van der Waals surface area contributed by atoms with Crippen molar-refractivity contribution in [2.24, 2.45) is 5.41 Å². The normalized spacial score (nSPS) is 13.3. The summed E-state index contributed by atoms with van der Waals surface area (Å²) in [7, 11) is 2.16. The molecule has 108 valence electrons. The van der Waals surface area contributed by atoms with Crippen LogP contribution in [0.5, 0.6) is 0 Å². The van der Waals surface area contributed by atoms with E-state index < -0.39 is 0 Å². The average Bonchev–Trinajstić information content (AvgIpc) is 2.38. The first-order valence-electron chi connectivity index (χ1n) is 7.30. The number of hydrogen-bond acceptors (Lipinski definition) is 1. The number of allylic oxidation sites excluding steroid dienone is 1. The molecule has 1 atom stereocenters. The molecule has 0 spiro atoms. The first-order chi connectivity index (χ1) is 9.38. The van der Waals surface area contributed by atoms with Crippen molar-refractivity contribution < 1.29 is 0 Å². The first-order valence-corrected chi connectivity index (χ1v) is 7.30. The van der Waals surface area contributed by atoms with E-state index in [2.05, 4.69) is 87.9 Å². The zero-order valence-electron chi connectivity index (χ0n) is 13.5. The lowest BCUT2D eigenvalue weighted by atomic mass is 9.98. The van der Waals surface area contributed by atoms with Crippen LogP contribution in [0.2, 0.25) is 0 Å². The number of benzene rings is 1. The molecule has 0 aliphatic carbocycles. The predicted molar refractivity (Wildman–Crippen MR) is 88.6 cm³/mol. The summed E-state index contributed by atoms with van der Waals surface area (Å²) in [6, 6.07) is 11.2. The second-order valence-electron chi connectivity index (χ2n) is 6.40. The molecule has 0 unspecified atom stereocenters. The van der Waals surface area contributed by atoms with Crippen molar-refractivity contribution in [3.05, 3.63) is 48.0 Å². The molecule has 0 N–H and O–H groups in total. The molecular formula is C19H27N. The van der Waals surface area contributed by atoms with Crippen molar-refractivity contribution in [2.45, 2.75) is 40.2 Å². The van der Waals surface area contributed by atoms with E-state index in [4.69, 9.17) is 0 Å². The summed E-state index contributed by atoms with van der Waals surface area (Å²) in [5, 5.41) is 0. The van der Waals surface area contributed by atoms with Crippen molar-refractivity contribution in [3.8, 4) is 11.8 Å². The Morgan fingerprint density at radius 3 is 2.45 bits per heavy atom. The van der Waals surface area contributed by atoms with Crippen LogP contribution in [-0.4, -0.2) is 24.5 Å². The van der Waals surface area contributed by atoms with Crippen molar-refractivity contribution in [2.75, 3.05) is 13.6 Å². The van der Waals surface area contributed by atoms with Gasteiger partial charge in [-0.15, -0.1) is 0 Å². The molecule has 20 heavy (non-hydrogen) atoms. The summed E-state index contributed by atoms with van der Waals surface area (Å²) in [6.07, 6.45) is 5.19. The van der Waals surface area contributed by atoms with Gasteiger partial charge in [0.2, 0.25) is 0 Å². The zero-order chi connectivity index (χ0) is 15.0. The smallest absolute Gasteiger partial charge is 0.0233 e. The Morgan fingerprint density at radius 1 is 1.20 bits per heavy atom. The summed E-state index contributed by atoms with van der Waals surface area (Å²) in [6.45, 7) is 9.58. The van der Waals surface area contributed by atoms with Crippen LogP contribution in [0, 0.1) is 17.3 Å². The van der Waals surface area contributed by atoms with Gasteiger partial charge in [-0.25, -0.2) is 0 Å². The SMILES string of the molecule is C[C@H](Cc1ccccc1)N(C)C/C=C/C#CC(C)(C)C. The Morgan fingerprint density at radius 2 is 1.85 bits per heavy atom.